The Balaban J connectivity index is 2.15. The first kappa shape index (κ1) is 17.3. The zero-order valence-corrected chi connectivity index (χ0v) is 13.9. The number of rotatable bonds is 2. The fourth-order valence-electron chi connectivity index (χ4n) is 2.19. The lowest BCUT2D eigenvalue weighted by Gasteiger charge is -2.39. The second-order valence-corrected chi connectivity index (χ2v) is 6.54. The standard InChI is InChI=1S/C14H19ClN4O4/c1-14(2,3)23-13(22)18-6-7-19(9(8-18)11(20)21)12-16-5-4-10(15)17-12/h4-5,9H,6-8H2,1-3H3,(H,20,21)/t9-/m1/s1. The van der Waals surface area contributed by atoms with Gasteiger partial charge in [-0.05, 0) is 26.8 Å². The first-order valence-corrected chi connectivity index (χ1v) is 7.51. The van der Waals surface area contributed by atoms with Gasteiger partial charge in [0.05, 0.1) is 6.54 Å². The van der Waals surface area contributed by atoms with Crippen LogP contribution in [0.3, 0.4) is 0 Å². The lowest BCUT2D eigenvalue weighted by Crippen LogP contribution is -2.59. The Bertz CT molecular complexity index is 605. The Morgan fingerprint density at radius 3 is 2.65 bits per heavy atom. The van der Waals surface area contributed by atoms with Gasteiger partial charge in [-0.15, -0.1) is 0 Å². The van der Waals surface area contributed by atoms with Crippen LogP contribution in [0.1, 0.15) is 20.8 Å². The van der Waals surface area contributed by atoms with Crippen molar-refractivity contribution in [3.8, 4) is 0 Å². The zero-order valence-electron chi connectivity index (χ0n) is 13.2. The molecule has 0 bridgehead atoms. The number of halogens is 1. The Morgan fingerprint density at radius 2 is 2.09 bits per heavy atom. The summed E-state index contributed by atoms with van der Waals surface area (Å²) in [4.78, 5) is 34.7. The molecule has 8 nitrogen and oxygen atoms in total. The summed E-state index contributed by atoms with van der Waals surface area (Å²) in [6.07, 6.45) is 0.930. The molecule has 0 aromatic carbocycles. The van der Waals surface area contributed by atoms with Gasteiger partial charge in [-0.1, -0.05) is 11.6 Å². The van der Waals surface area contributed by atoms with E-state index in [9.17, 15) is 14.7 Å². The van der Waals surface area contributed by atoms with E-state index in [0.29, 0.717) is 6.54 Å². The number of carboxylic acids is 1. The molecule has 0 aliphatic carbocycles. The van der Waals surface area contributed by atoms with Crippen LogP contribution in [0, 0.1) is 0 Å². The molecule has 1 aliphatic heterocycles. The number of ether oxygens (including phenoxy) is 1. The maximum atomic E-state index is 12.1. The normalized spacial score (nSPS) is 18.7. The van der Waals surface area contributed by atoms with Gasteiger partial charge in [-0.25, -0.2) is 19.6 Å². The maximum absolute atomic E-state index is 12.1. The van der Waals surface area contributed by atoms with E-state index in [1.54, 1.807) is 20.8 Å². The van der Waals surface area contributed by atoms with E-state index >= 15 is 0 Å². The molecule has 1 N–H and O–H groups in total. The molecule has 23 heavy (non-hydrogen) atoms. The minimum absolute atomic E-state index is 0.0138. The van der Waals surface area contributed by atoms with E-state index in [2.05, 4.69) is 9.97 Å². The van der Waals surface area contributed by atoms with Crippen molar-refractivity contribution in [2.45, 2.75) is 32.4 Å². The van der Waals surface area contributed by atoms with Crippen molar-refractivity contribution in [1.29, 1.82) is 0 Å². The van der Waals surface area contributed by atoms with Gasteiger partial charge in [0.25, 0.3) is 0 Å². The maximum Gasteiger partial charge on any atom is 0.410 e. The van der Waals surface area contributed by atoms with Gasteiger partial charge >= 0.3 is 12.1 Å². The molecular formula is C14H19ClN4O4. The number of hydrogen-bond acceptors (Lipinski definition) is 6. The predicted molar refractivity (Wildman–Crippen MR) is 83.6 cm³/mol. The number of aromatic nitrogens is 2. The summed E-state index contributed by atoms with van der Waals surface area (Å²) < 4.78 is 5.29. The first-order chi connectivity index (χ1) is 10.7. The summed E-state index contributed by atoms with van der Waals surface area (Å²) in [5.74, 6) is -0.837. The lowest BCUT2D eigenvalue weighted by molar-refractivity contribution is -0.139. The summed E-state index contributed by atoms with van der Waals surface area (Å²) in [6.45, 7) is 5.85. The van der Waals surface area contributed by atoms with E-state index in [1.807, 2.05) is 0 Å². The van der Waals surface area contributed by atoms with Crippen LogP contribution < -0.4 is 4.90 Å². The number of aliphatic carboxylic acids is 1. The number of amides is 1. The van der Waals surface area contributed by atoms with Crippen LogP contribution in [0.2, 0.25) is 5.15 Å². The van der Waals surface area contributed by atoms with E-state index in [1.165, 1.54) is 22.1 Å². The van der Waals surface area contributed by atoms with E-state index in [4.69, 9.17) is 16.3 Å². The van der Waals surface area contributed by atoms with Gasteiger partial charge in [0.15, 0.2) is 0 Å². The second-order valence-electron chi connectivity index (χ2n) is 6.15. The molecular weight excluding hydrogens is 324 g/mol. The minimum atomic E-state index is -1.07. The first-order valence-electron chi connectivity index (χ1n) is 7.13. The van der Waals surface area contributed by atoms with Gasteiger partial charge in [0, 0.05) is 19.3 Å². The van der Waals surface area contributed by atoms with Crippen LogP contribution in [0.25, 0.3) is 0 Å². The van der Waals surface area contributed by atoms with Gasteiger partial charge < -0.3 is 19.6 Å². The summed E-state index contributed by atoms with van der Waals surface area (Å²) in [5, 5.41) is 9.69. The van der Waals surface area contributed by atoms with Gasteiger partial charge in [-0.2, -0.15) is 0 Å². The third-order valence-corrected chi connectivity index (χ3v) is 3.39. The van der Waals surface area contributed by atoms with Crippen LogP contribution >= 0.6 is 11.6 Å². The van der Waals surface area contributed by atoms with E-state index in [0.717, 1.165) is 0 Å². The molecule has 0 spiro atoms. The molecule has 1 fully saturated rings. The largest absolute Gasteiger partial charge is 0.480 e. The van der Waals surface area contributed by atoms with Crippen LogP contribution in [0.4, 0.5) is 10.7 Å². The number of anilines is 1. The highest BCUT2D eigenvalue weighted by Gasteiger charge is 2.37. The van der Waals surface area contributed by atoms with Crippen LogP contribution in [0.15, 0.2) is 12.3 Å². The molecule has 9 heteroatoms. The summed E-state index contributed by atoms with van der Waals surface area (Å²) in [7, 11) is 0. The highest BCUT2D eigenvalue weighted by Crippen LogP contribution is 2.20. The second kappa shape index (κ2) is 6.57. The number of piperazine rings is 1. The molecule has 2 rings (SSSR count). The van der Waals surface area contributed by atoms with Crippen molar-refractivity contribution >= 4 is 29.6 Å². The Morgan fingerprint density at radius 1 is 1.39 bits per heavy atom. The minimum Gasteiger partial charge on any atom is -0.480 e. The fraction of sp³-hybridized carbons (Fsp3) is 0.571. The molecule has 1 aromatic heterocycles. The van der Waals surface area contributed by atoms with Crippen LogP contribution in [-0.2, 0) is 9.53 Å². The van der Waals surface area contributed by atoms with Crippen molar-refractivity contribution in [3.63, 3.8) is 0 Å². The molecule has 0 unspecified atom stereocenters. The Labute approximate surface area is 139 Å². The van der Waals surface area contributed by atoms with Gasteiger partial charge in [0.2, 0.25) is 5.95 Å². The molecule has 1 amide bonds. The highest BCUT2D eigenvalue weighted by molar-refractivity contribution is 6.29. The molecule has 2 heterocycles. The topological polar surface area (TPSA) is 95.9 Å². The zero-order chi connectivity index (χ0) is 17.2. The smallest absolute Gasteiger partial charge is 0.410 e. The number of carboxylic acid groups (broad SMARTS) is 1. The molecule has 1 atom stereocenters. The lowest BCUT2D eigenvalue weighted by atomic mass is 10.1. The van der Waals surface area contributed by atoms with Gasteiger partial charge in [0.1, 0.15) is 16.8 Å². The molecule has 1 saturated heterocycles. The molecule has 0 radical (unpaired) electrons. The number of hydrogen-bond donors (Lipinski definition) is 1. The predicted octanol–water partition coefficient (Wildman–Crippen LogP) is 1.64. The summed E-state index contributed by atoms with van der Waals surface area (Å²) in [6, 6.07) is 0.548. The van der Waals surface area contributed by atoms with Crippen molar-refractivity contribution in [2.75, 3.05) is 24.5 Å². The number of carbonyl (C=O) groups excluding carboxylic acids is 1. The highest BCUT2D eigenvalue weighted by atomic mass is 35.5. The van der Waals surface area contributed by atoms with Crippen LogP contribution in [0.5, 0.6) is 0 Å². The monoisotopic (exact) mass is 342 g/mol. The fourth-order valence-corrected chi connectivity index (χ4v) is 2.32. The van der Waals surface area contributed by atoms with Crippen molar-refractivity contribution in [2.24, 2.45) is 0 Å². The Hall–Kier alpha value is -2.09. The Kier molecular flexibility index (Phi) is 4.93. The number of nitrogens with zero attached hydrogens (tertiary/aromatic N) is 4. The summed E-state index contributed by atoms with van der Waals surface area (Å²) >= 11 is 5.83. The van der Waals surface area contributed by atoms with Crippen molar-refractivity contribution in [3.05, 3.63) is 17.4 Å². The summed E-state index contributed by atoms with van der Waals surface area (Å²) in [5.41, 5.74) is -0.636. The van der Waals surface area contributed by atoms with Crippen molar-refractivity contribution in [1.82, 2.24) is 14.9 Å². The van der Waals surface area contributed by atoms with Crippen molar-refractivity contribution < 1.29 is 19.4 Å². The van der Waals surface area contributed by atoms with E-state index < -0.39 is 23.7 Å². The van der Waals surface area contributed by atoms with E-state index in [-0.39, 0.29) is 24.2 Å². The quantitative estimate of drug-likeness (QED) is 0.816. The molecule has 126 valence electrons. The third kappa shape index (κ3) is 4.44. The SMILES string of the molecule is CC(C)(C)OC(=O)N1CCN(c2nccc(Cl)n2)[C@@H](C(=O)O)C1. The molecule has 1 aromatic rings. The third-order valence-electron chi connectivity index (χ3n) is 3.18. The molecule has 0 saturated carbocycles. The van der Waals surface area contributed by atoms with Crippen LogP contribution in [-0.4, -0.2) is 63.3 Å². The molecule has 1 aliphatic rings. The average Bonchev–Trinajstić information content (AvgIpc) is 2.44. The van der Waals surface area contributed by atoms with Gasteiger partial charge in [-0.3, -0.25) is 0 Å². The number of carbonyl (C=O) groups is 2. The average molecular weight is 343 g/mol.